The van der Waals surface area contributed by atoms with Crippen molar-refractivity contribution >= 4 is 17.1 Å². The summed E-state index contributed by atoms with van der Waals surface area (Å²) in [5.74, 6) is -0.120. The average Bonchev–Trinajstić information content (AvgIpc) is 3.23. The Morgan fingerprint density at radius 3 is 2.35 bits per heavy atom. The van der Waals surface area contributed by atoms with Crippen molar-refractivity contribution < 1.29 is 22.4 Å². The maximum atomic E-state index is 13.2. The summed E-state index contributed by atoms with van der Waals surface area (Å²) in [5.41, 5.74) is -0.377. The van der Waals surface area contributed by atoms with Crippen molar-refractivity contribution in [2.45, 2.75) is 25.8 Å². The van der Waals surface area contributed by atoms with Crippen LogP contribution in [0.5, 0.6) is 0 Å². The Kier molecular flexibility index (Phi) is 6.23. The molecule has 0 radical (unpaired) electrons. The Bertz CT molecular complexity index is 1370. The van der Waals surface area contributed by atoms with Crippen LogP contribution >= 0.6 is 0 Å². The molecule has 1 amide bonds. The second kappa shape index (κ2) is 9.27. The first-order valence-corrected chi connectivity index (χ1v) is 10.0. The highest BCUT2D eigenvalue weighted by Crippen LogP contribution is 2.28. The quantitative estimate of drug-likeness (QED) is 0.400. The van der Waals surface area contributed by atoms with Crippen LogP contribution in [0.4, 0.5) is 17.6 Å². The molecule has 0 bridgehead atoms. The summed E-state index contributed by atoms with van der Waals surface area (Å²) in [6.45, 7) is 1.60. The molecule has 0 aliphatic rings. The third-order valence-electron chi connectivity index (χ3n) is 5.03. The first kappa shape index (κ1) is 22.8. The Hall–Kier alpha value is -4.33. The van der Waals surface area contributed by atoms with Crippen molar-refractivity contribution in [1.82, 2.24) is 24.8 Å². The van der Waals surface area contributed by atoms with Gasteiger partial charge in [-0.3, -0.25) is 9.36 Å². The molecule has 1 unspecified atom stereocenters. The maximum Gasteiger partial charge on any atom is 0.263 e. The van der Waals surface area contributed by atoms with Gasteiger partial charge in [0.15, 0.2) is 5.65 Å². The largest absolute Gasteiger partial charge is 0.342 e. The van der Waals surface area contributed by atoms with Gasteiger partial charge in [-0.05, 0) is 49.4 Å². The van der Waals surface area contributed by atoms with E-state index >= 15 is 0 Å². The second-order valence-corrected chi connectivity index (χ2v) is 7.35. The number of nitrogens with one attached hydrogen (secondary N) is 1. The molecule has 4 aromatic rings. The lowest BCUT2D eigenvalue weighted by atomic mass is 10.0. The van der Waals surface area contributed by atoms with Gasteiger partial charge in [-0.2, -0.15) is 5.26 Å². The van der Waals surface area contributed by atoms with Crippen molar-refractivity contribution in [1.29, 1.82) is 5.26 Å². The molecule has 0 saturated carbocycles. The van der Waals surface area contributed by atoms with E-state index in [0.29, 0.717) is 34.4 Å². The number of fused-ring (bicyclic) bond motifs is 1. The minimum Gasteiger partial charge on any atom is -0.342 e. The van der Waals surface area contributed by atoms with Crippen LogP contribution in [0.1, 0.15) is 58.7 Å². The van der Waals surface area contributed by atoms with Crippen molar-refractivity contribution in [3.63, 3.8) is 0 Å². The first-order chi connectivity index (χ1) is 16.3. The summed E-state index contributed by atoms with van der Waals surface area (Å²) in [4.78, 5) is 25.9. The van der Waals surface area contributed by atoms with E-state index in [9.17, 15) is 22.4 Å². The fourth-order valence-corrected chi connectivity index (χ4v) is 3.43. The van der Waals surface area contributed by atoms with Gasteiger partial charge in [0.2, 0.25) is 0 Å². The highest BCUT2D eigenvalue weighted by molar-refractivity contribution is 5.95. The van der Waals surface area contributed by atoms with Gasteiger partial charge in [-0.15, -0.1) is 0 Å². The smallest absolute Gasteiger partial charge is 0.263 e. The number of amides is 1. The lowest BCUT2D eigenvalue weighted by molar-refractivity contribution is 0.0936. The third kappa shape index (κ3) is 4.43. The van der Waals surface area contributed by atoms with Crippen molar-refractivity contribution in [3.8, 4) is 11.9 Å². The highest BCUT2D eigenvalue weighted by Gasteiger charge is 2.23. The average molecular weight is 468 g/mol. The van der Waals surface area contributed by atoms with Gasteiger partial charge < -0.3 is 5.32 Å². The van der Waals surface area contributed by atoms with E-state index in [1.807, 2.05) is 6.07 Å². The molecule has 3 heterocycles. The van der Waals surface area contributed by atoms with E-state index in [1.165, 1.54) is 6.20 Å². The van der Waals surface area contributed by atoms with E-state index in [-0.39, 0.29) is 5.56 Å². The zero-order valence-electron chi connectivity index (χ0n) is 17.6. The molecule has 0 aliphatic carbocycles. The normalized spacial score (nSPS) is 12.2. The molecule has 0 spiro atoms. The number of nitrogens with zero attached hydrogens (tertiary/aromatic N) is 5. The molecule has 4 rings (SSSR count). The predicted octanol–water partition coefficient (Wildman–Crippen LogP) is 5.05. The van der Waals surface area contributed by atoms with Gasteiger partial charge in [0.25, 0.3) is 18.8 Å². The number of nitriles is 1. The molecule has 1 N–H and O–H groups in total. The maximum absolute atomic E-state index is 13.2. The van der Waals surface area contributed by atoms with Crippen LogP contribution in [-0.4, -0.2) is 25.4 Å². The number of hydrogen-bond donors (Lipinski definition) is 1. The van der Waals surface area contributed by atoms with Crippen molar-refractivity contribution in [2.24, 2.45) is 0 Å². The SMILES string of the molecule is CC(NC(=O)c1cc(C(F)F)cc(C(F)F)c1)c1nc2cccnc2n1-c1ccc(C#N)cn1. The number of halogens is 4. The zero-order valence-corrected chi connectivity index (χ0v) is 17.6. The zero-order chi connectivity index (χ0) is 24.4. The summed E-state index contributed by atoms with van der Waals surface area (Å²) in [7, 11) is 0. The number of benzene rings is 1. The third-order valence-corrected chi connectivity index (χ3v) is 5.03. The first-order valence-electron chi connectivity index (χ1n) is 10.0. The number of carbonyl (C=O) groups is 1. The molecule has 7 nitrogen and oxygen atoms in total. The Morgan fingerprint density at radius 2 is 1.76 bits per heavy atom. The number of imidazole rings is 1. The van der Waals surface area contributed by atoms with Crippen LogP contribution in [-0.2, 0) is 0 Å². The van der Waals surface area contributed by atoms with Gasteiger partial charge >= 0.3 is 0 Å². The van der Waals surface area contributed by atoms with Crippen LogP contribution in [0.2, 0.25) is 0 Å². The Labute approximate surface area is 190 Å². The number of pyridine rings is 2. The van der Waals surface area contributed by atoms with Gasteiger partial charge in [0.05, 0.1) is 11.6 Å². The minimum absolute atomic E-state index is 0.318. The lowest BCUT2D eigenvalue weighted by Crippen LogP contribution is -2.29. The van der Waals surface area contributed by atoms with E-state index in [1.54, 1.807) is 42.0 Å². The molecule has 1 aromatic carbocycles. The summed E-state index contributed by atoms with van der Waals surface area (Å²) in [6, 6.07) is 10.2. The summed E-state index contributed by atoms with van der Waals surface area (Å²) >= 11 is 0. The summed E-state index contributed by atoms with van der Waals surface area (Å²) in [5, 5.41) is 11.6. The van der Waals surface area contributed by atoms with E-state index < -0.39 is 35.9 Å². The fraction of sp³-hybridized carbons (Fsp3) is 0.174. The molecule has 3 aromatic heterocycles. The lowest BCUT2D eigenvalue weighted by Gasteiger charge is -2.16. The number of hydrogen-bond acceptors (Lipinski definition) is 5. The molecule has 0 fully saturated rings. The van der Waals surface area contributed by atoms with Crippen molar-refractivity contribution in [3.05, 3.63) is 82.9 Å². The van der Waals surface area contributed by atoms with E-state index in [0.717, 1.165) is 12.1 Å². The monoisotopic (exact) mass is 468 g/mol. The van der Waals surface area contributed by atoms with Crippen LogP contribution < -0.4 is 5.32 Å². The fourth-order valence-electron chi connectivity index (χ4n) is 3.43. The van der Waals surface area contributed by atoms with Gasteiger partial charge in [-0.25, -0.2) is 32.5 Å². The van der Waals surface area contributed by atoms with Crippen LogP contribution in [0.15, 0.2) is 54.9 Å². The molecule has 11 heteroatoms. The molecule has 172 valence electrons. The summed E-state index contributed by atoms with van der Waals surface area (Å²) < 4.78 is 54.3. The molecular weight excluding hydrogens is 452 g/mol. The molecular formula is C23H16F4N6O. The summed E-state index contributed by atoms with van der Waals surface area (Å²) in [6.07, 6.45) is -3.10. The van der Waals surface area contributed by atoms with Gasteiger partial charge in [-0.1, -0.05) is 0 Å². The number of rotatable bonds is 6. The van der Waals surface area contributed by atoms with Crippen LogP contribution in [0.3, 0.4) is 0 Å². The molecule has 0 saturated heterocycles. The Balaban J connectivity index is 1.72. The van der Waals surface area contributed by atoms with Crippen LogP contribution in [0, 0.1) is 11.3 Å². The van der Waals surface area contributed by atoms with Crippen molar-refractivity contribution in [2.75, 3.05) is 0 Å². The molecule has 34 heavy (non-hydrogen) atoms. The van der Waals surface area contributed by atoms with E-state index in [2.05, 4.69) is 20.3 Å². The predicted molar refractivity (Wildman–Crippen MR) is 114 cm³/mol. The Morgan fingerprint density at radius 1 is 1.06 bits per heavy atom. The van der Waals surface area contributed by atoms with Gasteiger partial charge in [0, 0.05) is 29.1 Å². The van der Waals surface area contributed by atoms with Crippen LogP contribution in [0.25, 0.3) is 17.0 Å². The molecule has 1 atom stereocenters. The number of aromatic nitrogens is 4. The topological polar surface area (TPSA) is 96.5 Å². The van der Waals surface area contributed by atoms with Gasteiger partial charge in [0.1, 0.15) is 23.2 Å². The minimum atomic E-state index is -3.01. The standard InChI is InChI=1S/C23H16F4N6O/c1-12(31-23(34)16-8-14(19(24)25)7-15(9-16)20(26)27)21-32-17-3-2-6-29-22(17)33(21)18-5-4-13(10-28)11-30-18/h2-9,11-12,19-20H,1H3,(H,31,34). The molecule has 0 aliphatic heterocycles. The number of alkyl halides is 4. The van der Waals surface area contributed by atoms with E-state index in [4.69, 9.17) is 5.26 Å². The highest BCUT2D eigenvalue weighted by atomic mass is 19.3. The second-order valence-electron chi connectivity index (χ2n) is 7.35. The number of carbonyl (C=O) groups excluding carboxylic acids is 1.